The highest BCUT2D eigenvalue weighted by Crippen LogP contribution is 2.36. The summed E-state index contributed by atoms with van der Waals surface area (Å²) in [7, 11) is 0. The molecular formula is C12H18N2O2S. The van der Waals surface area contributed by atoms with Crippen molar-refractivity contribution in [2.24, 2.45) is 5.41 Å². The standard InChI is InChI=1S/C12H18N2O2S/c1-12(2)5-3-8(4-6-12)14-11-13-7-9(17-11)10(15)16/h7-8H,3-6H2,1-2H3,(H,13,14)(H,15,16). The van der Waals surface area contributed by atoms with Crippen molar-refractivity contribution in [2.45, 2.75) is 45.6 Å². The summed E-state index contributed by atoms with van der Waals surface area (Å²) in [5, 5.41) is 12.9. The van der Waals surface area contributed by atoms with E-state index in [9.17, 15) is 4.79 Å². The molecule has 1 heterocycles. The third kappa shape index (κ3) is 3.19. The van der Waals surface area contributed by atoms with Crippen LogP contribution in [-0.2, 0) is 0 Å². The van der Waals surface area contributed by atoms with E-state index in [1.54, 1.807) is 0 Å². The van der Waals surface area contributed by atoms with Crippen LogP contribution in [0.5, 0.6) is 0 Å². The average Bonchev–Trinajstić information content (AvgIpc) is 2.70. The van der Waals surface area contributed by atoms with Crippen molar-refractivity contribution in [2.75, 3.05) is 5.32 Å². The molecule has 0 atom stereocenters. The Hall–Kier alpha value is -1.10. The summed E-state index contributed by atoms with van der Waals surface area (Å²) in [5.74, 6) is -0.902. The molecule has 1 aromatic heterocycles. The molecule has 2 rings (SSSR count). The van der Waals surface area contributed by atoms with E-state index < -0.39 is 5.97 Å². The minimum atomic E-state index is -0.902. The third-order valence-electron chi connectivity index (χ3n) is 3.38. The molecule has 0 amide bonds. The van der Waals surface area contributed by atoms with Gasteiger partial charge in [0.15, 0.2) is 5.13 Å². The maximum atomic E-state index is 10.7. The first kappa shape index (κ1) is 12.4. The summed E-state index contributed by atoms with van der Waals surface area (Å²) in [6.45, 7) is 4.60. The summed E-state index contributed by atoms with van der Waals surface area (Å²) < 4.78 is 0. The van der Waals surface area contributed by atoms with Crippen molar-refractivity contribution in [3.05, 3.63) is 11.1 Å². The largest absolute Gasteiger partial charge is 0.477 e. The van der Waals surface area contributed by atoms with Gasteiger partial charge < -0.3 is 10.4 Å². The molecule has 1 saturated carbocycles. The first-order chi connectivity index (χ1) is 7.96. The molecule has 2 N–H and O–H groups in total. The molecule has 0 unspecified atom stereocenters. The number of hydrogen-bond donors (Lipinski definition) is 2. The molecule has 0 spiro atoms. The molecule has 0 bridgehead atoms. The molecule has 94 valence electrons. The number of nitrogens with zero attached hydrogens (tertiary/aromatic N) is 1. The zero-order valence-electron chi connectivity index (χ0n) is 10.2. The lowest BCUT2D eigenvalue weighted by molar-refractivity contribution is 0.0702. The predicted octanol–water partition coefficient (Wildman–Crippen LogP) is 3.22. The predicted molar refractivity (Wildman–Crippen MR) is 68.7 cm³/mol. The monoisotopic (exact) mass is 254 g/mol. The van der Waals surface area contributed by atoms with Crippen molar-refractivity contribution in [3.8, 4) is 0 Å². The molecule has 0 saturated heterocycles. The first-order valence-electron chi connectivity index (χ1n) is 5.92. The summed E-state index contributed by atoms with van der Waals surface area (Å²) in [6, 6.07) is 0.441. The SMILES string of the molecule is CC1(C)CCC(Nc2ncc(C(=O)O)s2)CC1. The molecule has 1 aromatic rings. The van der Waals surface area contributed by atoms with Gasteiger partial charge >= 0.3 is 5.97 Å². The summed E-state index contributed by atoms with van der Waals surface area (Å²) in [6.07, 6.45) is 6.11. The second kappa shape index (κ2) is 4.64. The Morgan fingerprint density at radius 1 is 1.53 bits per heavy atom. The summed E-state index contributed by atoms with van der Waals surface area (Å²) >= 11 is 1.21. The lowest BCUT2D eigenvalue weighted by Gasteiger charge is -2.34. The fourth-order valence-electron chi connectivity index (χ4n) is 2.16. The van der Waals surface area contributed by atoms with E-state index in [1.807, 2.05) is 0 Å². The zero-order valence-corrected chi connectivity index (χ0v) is 11.0. The molecule has 17 heavy (non-hydrogen) atoms. The minimum absolute atomic E-state index is 0.295. The Morgan fingerprint density at radius 3 is 2.71 bits per heavy atom. The highest BCUT2D eigenvalue weighted by atomic mass is 32.1. The second-order valence-electron chi connectivity index (χ2n) is 5.42. The van der Waals surface area contributed by atoms with E-state index in [0.717, 1.165) is 18.0 Å². The van der Waals surface area contributed by atoms with Crippen molar-refractivity contribution in [1.82, 2.24) is 4.98 Å². The van der Waals surface area contributed by atoms with Crippen LogP contribution in [-0.4, -0.2) is 22.1 Å². The van der Waals surface area contributed by atoms with Crippen LogP contribution in [0.1, 0.15) is 49.2 Å². The highest BCUT2D eigenvalue weighted by molar-refractivity contribution is 7.17. The quantitative estimate of drug-likeness (QED) is 0.869. The van der Waals surface area contributed by atoms with Crippen LogP contribution in [0.3, 0.4) is 0 Å². The van der Waals surface area contributed by atoms with Gasteiger partial charge in [-0.05, 0) is 31.1 Å². The molecule has 5 heteroatoms. The number of nitrogens with one attached hydrogen (secondary N) is 1. The molecule has 0 aromatic carbocycles. The number of carboxylic acids is 1. The number of hydrogen-bond acceptors (Lipinski definition) is 4. The van der Waals surface area contributed by atoms with Crippen LogP contribution in [0.4, 0.5) is 5.13 Å². The maximum absolute atomic E-state index is 10.7. The van der Waals surface area contributed by atoms with Crippen molar-refractivity contribution < 1.29 is 9.90 Å². The Labute approximate surface area is 105 Å². The van der Waals surface area contributed by atoms with E-state index in [2.05, 4.69) is 24.1 Å². The Kier molecular flexibility index (Phi) is 3.38. The number of carbonyl (C=O) groups is 1. The normalized spacial score (nSPS) is 20.1. The molecule has 4 nitrogen and oxygen atoms in total. The van der Waals surface area contributed by atoms with Gasteiger partial charge in [0.05, 0.1) is 6.20 Å². The lowest BCUT2D eigenvalue weighted by Crippen LogP contribution is -2.29. The van der Waals surface area contributed by atoms with Gasteiger partial charge in [0.1, 0.15) is 4.88 Å². The van der Waals surface area contributed by atoms with Crippen LogP contribution in [0.15, 0.2) is 6.20 Å². The number of aromatic carboxylic acids is 1. The van der Waals surface area contributed by atoms with E-state index in [-0.39, 0.29) is 0 Å². The number of anilines is 1. The Morgan fingerprint density at radius 2 is 2.18 bits per heavy atom. The van der Waals surface area contributed by atoms with Gasteiger partial charge in [-0.15, -0.1) is 0 Å². The number of rotatable bonds is 3. The molecule has 0 aliphatic heterocycles. The van der Waals surface area contributed by atoms with Crippen molar-refractivity contribution >= 4 is 22.4 Å². The van der Waals surface area contributed by atoms with Crippen LogP contribution in [0.25, 0.3) is 0 Å². The van der Waals surface area contributed by atoms with E-state index in [4.69, 9.17) is 5.11 Å². The zero-order chi connectivity index (χ0) is 12.5. The van der Waals surface area contributed by atoms with Crippen LogP contribution in [0, 0.1) is 5.41 Å². The first-order valence-corrected chi connectivity index (χ1v) is 6.74. The number of aromatic nitrogens is 1. The van der Waals surface area contributed by atoms with Gasteiger partial charge in [-0.1, -0.05) is 25.2 Å². The van der Waals surface area contributed by atoms with Crippen LogP contribution < -0.4 is 5.32 Å². The number of thiazole rings is 1. The number of carboxylic acid groups (broad SMARTS) is 1. The summed E-state index contributed by atoms with van der Waals surface area (Å²) in [5.41, 5.74) is 0.452. The van der Waals surface area contributed by atoms with Gasteiger partial charge in [0.2, 0.25) is 0 Å². The molecule has 1 aliphatic carbocycles. The lowest BCUT2D eigenvalue weighted by atomic mass is 9.76. The fourth-order valence-corrected chi connectivity index (χ4v) is 2.89. The third-order valence-corrected chi connectivity index (χ3v) is 4.30. The highest BCUT2D eigenvalue weighted by Gasteiger charge is 2.27. The van der Waals surface area contributed by atoms with Gasteiger partial charge in [-0.25, -0.2) is 9.78 Å². The van der Waals surface area contributed by atoms with E-state index >= 15 is 0 Å². The second-order valence-corrected chi connectivity index (χ2v) is 6.45. The van der Waals surface area contributed by atoms with Gasteiger partial charge in [0.25, 0.3) is 0 Å². The van der Waals surface area contributed by atoms with E-state index in [0.29, 0.717) is 16.3 Å². The Bertz CT molecular complexity index is 404. The summed E-state index contributed by atoms with van der Waals surface area (Å²) in [4.78, 5) is 15.1. The molecule has 1 aliphatic rings. The van der Waals surface area contributed by atoms with Crippen LogP contribution in [0.2, 0.25) is 0 Å². The molecular weight excluding hydrogens is 236 g/mol. The van der Waals surface area contributed by atoms with Gasteiger partial charge in [-0.2, -0.15) is 0 Å². The maximum Gasteiger partial charge on any atom is 0.347 e. The van der Waals surface area contributed by atoms with Gasteiger partial charge in [-0.3, -0.25) is 0 Å². The Balaban J connectivity index is 1.91. The van der Waals surface area contributed by atoms with Crippen molar-refractivity contribution in [1.29, 1.82) is 0 Å². The van der Waals surface area contributed by atoms with Crippen LogP contribution >= 0.6 is 11.3 Å². The average molecular weight is 254 g/mol. The fraction of sp³-hybridized carbons (Fsp3) is 0.667. The smallest absolute Gasteiger partial charge is 0.347 e. The minimum Gasteiger partial charge on any atom is -0.477 e. The molecule has 1 fully saturated rings. The van der Waals surface area contributed by atoms with E-state index in [1.165, 1.54) is 30.4 Å². The van der Waals surface area contributed by atoms with Crippen molar-refractivity contribution in [3.63, 3.8) is 0 Å². The van der Waals surface area contributed by atoms with Gasteiger partial charge in [0, 0.05) is 6.04 Å². The topological polar surface area (TPSA) is 62.2 Å². The molecule has 0 radical (unpaired) electrons.